The van der Waals surface area contributed by atoms with Gasteiger partial charge in [-0.3, -0.25) is 9.69 Å². The van der Waals surface area contributed by atoms with E-state index in [0.29, 0.717) is 24.6 Å². The number of hydrogen-bond acceptors (Lipinski definition) is 4. The van der Waals surface area contributed by atoms with E-state index in [1.54, 1.807) is 24.1 Å². The van der Waals surface area contributed by atoms with Crippen molar-refractivity contribution in [1.82, 2.24) is 4.90 Å². The molecule has 0 aromatic heterocycles. The molecule has 0 bridgehead atoms. The second-order valence-corrected chi connectivity index (χ2v) is 5.59. The van der Waals surface area contributed by atoms with E-state index in [9.17, 15) is 14.0 Å². The second-order valence-electron chi connectivity index (χ2n) is 5.59. The number of halogens is 1. The minimum absolute atomic E-state index is 0.0441. The van der Waals surface area contributed by atoms with Gasteiger partial charge in [0.05, 0.1) is 31.1 Å². The predicted octanol–water partition coefficient (Wildman–Crippen LogP) is 1.80. The second kappa shape index (κ2) is 5.47. The molecule has 7 heteroatoms. The van der Waals surface area contributed by atoms with Gasteiger partial charge in [0.1, 0.15) is 11.9 Å². The Balaban J connectivity index is 1.81. The van der Waals surface area contributed by atoms with E-state index < -0.39 is 11.9 Å². The summed E-state index contributed by atoms with van der Waals surface area (Å²) in [6.07, 6.45) is 0.126. The van der Waals surface area contributed by atoms with Gasteiger partial charge >= 0.3 is 6.09 Å². The highest BCUT2D eigenvalue weighted by Gasteiger charge is 2.32. The maximum atomic E-state index is 14.4. The van der Waals surface area contributed by atoms with E-state index in [4.69, 9.17) is 4.74 Å². The van der Waals surface area contributed by atoms with Crippen LogP contribution in [0.1, 0.15) is 13.3 Å². The van der Waals surface area contributed by atoms with Crippen molar-refractivity contribution >= 4 is 23.4 Å². The van der Waals surface area contributed by atoms with Gasteiger partial charge in [0, 0.05) is 7.05 Å². The lowest BCUT2D eigenvalue weighted by Crippen LogP contribution is -2.26. The third-order valence-corrected chi connectivity index (χ3v) is 4.05. The summed E-state index contributed by atoms with van der Waals surface area (Å²) in [6, 6.07) is 4.60. The van der Waals surface area contributed by atoms with Crippen molar-refractivity contribution in [1.29, 1.82) is 0 Å². The molecule has 0 spiro atoms. The van der Waals surface area contributed by atoms with Crippen LogP contribution >= 0.6 is 0 Å². The van der Waals surface area contributed by atoms with Gasteiger partial charge < -0.3 is 14.5 Å². The molecule has 2 saturated heterocycles. The molecule has 2 aliphatic rings. The van der Waals surface area contributed by atoms with Gasteiger partial charge in [-0.05, 0) is 24.6 Å². The number of benzene rings is 1. The predicted molar refractivity (Wildman–Crippen MR) is 79.3 cm³/mol. The summed E-state index contributed by atoms with van der Waals surface area (Å²) in [4.78, 5) is 28.0. The number of cyclic esters (lactones) is 1. The zero-order valence-corrected chi connectivity index (χ0v) is 12.6. The standard InChI is InChI=1S/C15H18FN3O3/c1-3-11-7-19(15(21)22-11)10-4-5-13(12(16)6-10)18-8-14(20)17(2)9-18/h4-6,11H,3,7-9H2,1-2H3. The number of carbonyl (C=O) groups is 2. The molecule has 0 aliphatic carbocycles. The van der Waals surface area contributed by atoms with Crippen LogP contribution in [0.5, 0.6) is 0 Å². The average molecular weight is 307 g/mol. The number of amides is 2. The van der Waals surface area contributed by atoms with Crippen molar-refractivity contribution in [3.63, 3.8) is 0 Å². The summed E-state index contributed by atoms with van der Waals surface area (Å²) >= 11 is 0. The summed E-state index contributed by atoms with van der Waals surface area (Å²) in [7, 11) is 1.68. The molecule has 0 N–H and O–H groups in total. The summed E-state index contributed by atoms with van der Waals surface area (Å²) in [5.41, 5.74) is 0.835. The van der Waals surface area contributed by atoms with E-state index in [1.807, 2.05) is 6.92 Å². The number of likely N-dealkylation sites (N-methyl/N-ethyl adjacent to an activating group) is 1. The zero-order valence-electron chi connectivity index (χ0n) is 12.6. The molecule has 2 amide bonds. The van der Waals surface area contributed by atoms with E-state index in [2.05, 4.69) is 0 Å². The maximum Gasteiger partial charge on any atom is 0.414 e. The van der Waals surface area contributed by atoms with Crippen LogP contribution in [0.4, 0.5) is 20.6 Å². The third kappa shape index (κ3) is 2.47. The van der Waals surface area contributed by atoms with Crippen LogP contribution in [0.15, 0.2) is 18.2 Å². The van der Waals surface area contributed by atoms with Crippen molar-refractivity contribution in [3.8, 4) is 0 Å². The number of ether oxygens (including phenoxy) is 1. The third-order valence-electron chi connectivity index (χ3n) is 4.05. The Morgan fingerprint density at radius 2 is 2.14 bits per heavy atom. The molecular weight excluding hydrogens is 289 g/mol. The monoisotopic (exact) mass is 307 g/mol. The number of rotatable bonds is 3. The molecule has 0 saturated carbocycles. The maximum absolute atomic E-state index is 14.4. The van der Waals surface area contributed by atoms with Gasteiger partial charge in [0.25, 0.3) is 0 Å². The zero-order chi connectivity index (χ0) is 15.9. The van der Waals surface area contributed by atoms with Gasteiger partial charge in [-0.1, -0.05) is 6.92 Å². The lowest BCUT2D eigenvalue weighted by atomic mass is 10.2. The molecule has 118 valence electrons. The summed E-state index contributed by atoms with van der Waals surface area (Å²) in [5, 5.41) is 0. The normalized spacial score (nSPS) is 21.8. The minimum atomic E-state index is -0.451. The molecule has 22 heavy (non-hydrogen) atoms. The summed E-state index contributed by atoms with van der Waals surface area (Å²) in [6.45, 7) is 2.89. The smallest absolute Gasteiger partial charge is 0.414 e. The average Bonchev–Trinajstić information content (AvgIpc) is 3.02. The lowest BCUT2D eigenvalue weighted by molar-refractivity contribution is -0.125. The van der Waals surface area contributed by atoms with Crippen LogP contribution in [-0.2, 0) is 9.53 Å². The minimum Gasteiger partial charge on any atom is -0.444 e. The molecule has 1 aromatic rings. The highest BCUT2D eigenvalue weighted by molar-refractivity contribution is 5.90. The van der Waals surface area contributed by atoms with Crippen molar-refractivity contribution in [2.45, 2.75) is 19.4 Å². The van der Waals surface area contributed by atoms with Crippen molar-refractivity contribution in [3.05, 3.63) is 24.0 Å². The van der Waals surface area contributed by atoms with Gasteiger partial charge in [-0.15, -0.1) is 0 Å². The first-order valence-electron chi connectivity index (χ1n) is 7.26. The van der Waals surface area contributed by atoms with Crippen LogP contribution in [-0.4, -0.2) is 49.8 Å². The first kappa shape index (κ1) is 14.6. The molecule has 1 atom stereocenters. The topological polar surface area (TPSA) is 53.1 Å². The summed E-state index contributed by atoms with van der Waals surface area (Å²) in [5.74, 6) is -0.495. The molecule has 1 aromatic carbocycles. The number of carbonyl (C=O) groups excluding carboxylic acids is 2. The first-order valence-corrected chi connectivity index (χ1v) is 7.26. The van der Waals surface area contributed by atoms with Crippen LogP contribution < -0.4 is 9.80 Å². The Bertz CT molecular complexity index is 622. The number of hydrogen-bond donors (Lipinski definition) is 0. The molecule has 2 aliphatic heterocycles. The largest absolute Gasteiger partial charge is 0.444 e. The van der Waals surface area contributed by atoms with Gasteiger partial charge in [-0.25, -0.2) is 9.18 Å². The Morgan fingerprint density at radius 1 is 1.36 bits per heavy atom. The molecule has 3 rings (SSSR count). The molecule has 2 heterocycles. The fourth-order valence-corrected chi connectivity index (χ4v) is 2.70. The van der Waals surface area contributed by atoms with Crippen LogP contribution in [0.25, 0.3) is 0 Å². The van der Waals surface area contributed by atoms with Crippen LogP contribution in [0.2, 0.25) is 0 Å². The summed E-state index contributed by atoms with van der Waals surface area (Å²) < 4.78 is 19.5. The first-order chi connectivity index (χ1) is 10.5. The lowest BCUT2D eigenvalue weighted by Gasteiger charge is -2.20. The Morgan fingerprint density at radius 3 is 2.68 bits per heavy atom. The molecule has 1 unspecified atom stereocenters. The van der Waals surface area contributed by atoms with Crippen LogP contribution in [0, 0.1) is 5.82 Å². The quantitative estimate of drug-likeness (QED) is 0.854. The Kier molecular flexibility index (Phi) is 3.64. The highest BCUT2D eigenvalue weighted by Crippen LogP contribution is 2.29. The van der Waals surface area contributed by atoms with E-state index >= 15 is 0 Å². The van der Waals surface area contributed by atoms with E-state index in [-0.39, 0.29) is 18.6 Å². The molecule has 0 radical (unpaired) electrons. The molecular formula is C15H18FN3O3. The van der Waals surface area contributed by atoms with Gasteiger partial charge in [0.15, 0.2) is 0 Å². The number of nitrogens with zero attached hydrogens (tertiary/aromatic N) is 3. The van der Waals surface area contributed by atoms with Gasteiger partial charge in [0.2, 0.25) is 5.91 Å². The molecule has 2 fully saturated rings. The fourth-order valence-electron chi connectivity index (χ4n) is 2.70. The van der Waals surface area contributed by atoms with E-state index in [0.717, 1.165) is 6.42 Å². The van der Waals surface area contributed by atoms with Gasteiger partial charge in [-0.2, -0.15) is 0 Å². The van der Waals surface area contributed by atoms with Crippen LogP contribution in [0.3, 0.4) is 0 Å². The number of anilines is 2. The van der Waals surface area contributed by atoms with E-state index in [1.165, 1.54) is 15.9 Å². The fraction of sp³-hybridized carbons (Fsp3) is 0.467. The molecule has 6 nitrogen and oxygen atoms in total. The highest BCUT2D eigenvalue weighted by atomic mass is 19.1. The Hall–Kier alpha value is -2.31. The van der Waals surface area contributed by atoms with Crippen molar-refractivity contribution in [2.75, 3.05) is 36.6 Å². The Labute approximate surface area is 128 Å². The van der Waals surface area contributed by atoms with Crippen molar-refractivity contribution < 1.29 is 18.7 Å². The SMILES string of the molecule is CCC1CN(c2ccc(N3CC(=O)N(C)C3)c(F)c2)C(=O)O1. The van der Waals surface area contributed by atoms with Crippen molar-refractivity contribution in [2.24, 2.45) is 0 Å².